The van der Waals surface area contributed by atoms with Crippen molar-refractivity contribution in [3.8, 4) is 5.75 Å². The Labute approximate surface area is 101 Å². The molecule has 1 aromatic rings. The van der Waals surface area contributed by atoms with Crippen molar-refractivity contribution in [2.24, 2.45) is 5.41 Å². The van der Waals surface area contributed by atoms with Crippen molar-refractivity contribution >= 4 is 11.3 Å². The number of ether oxygens (including phenoxy) is 1. The molecule has 1 heterocycles. The molecule has 0 bridgehead atoms. The van der Waals surface area contributed by atoms with E-state index >= 15 is 0 Å². The Hall–Kier alpha value is -0.580. The van der Waals surface area contributed by atoms with E-state index in [1.54, 1.807) is 18.4 Å². The first-order valence-electron chi connectivity index (χ1n) is 5.57. The molecule has 4 heteroatoms. The van der Waals surface area contributed by atoms with E-state index < -0.39 is 0 Å². The Kier molecular flexibility index (Phi) is 5.25. The van der Waals surface area contributed by atoms with Gasteiger partial charge in [-0.25, -0.2) is 0 Å². The molecule has 92 valence electrons. The Morgan fingerprint density at radius 3 is 2.88 bits per heavy atom. The quantitative estimate of drug-likeness (QED) is 0.772. The van der Waals surface area contributed by atoms with Crippen LogP contribution in [0.25, 0.3) is 0 Å². The van der Waals surface area contributed by atoms with Crippen molar-refractivity contribution in [3.05, 3.63) is 16.3 Å². The van der Waals surface area contributed by atoms with Crippen molar-refractivity contribution in [2.75, 3.05) is 20.3 Å². The largest absolute Gasteiger partial charge is 0.496 e. The van der Waals surface area contributed by atoms with Gasteiger partial charge in [0.2, 0.25) is 0 Å². The molecule has 1 unspecified atom stereocenters. The number of thiophene rings is 1. The summed E-state index contributed by atoms with van der Waals surface area (Å²) in [6.07, 6.45) is 0.970. The molecule has 0 saturated heterocycles. The summed E-state index contributed by atoms with van der Waals surface area (Å²) in [4.78, 5) is 1.21. The number of methoxy groups -OCH3 is 1. The van der Waals surface area contributed by atoms with Crippen LogP contribution in [-0.2, 0) is 6.54 Å². The lowest BCUT2D eigenvalue weighted by Crippen LogP contribution is -2.33. The fourth-order valence-corrected chi connectivity index (χ4v) is 2.22. The minimum absolute atomic E-state index is 0.0233. The summed E-state index contributed by atoms with van der Waals surface area (Å²) in [6.45, 7) is 6.03. The van der Waals surface area contributed by atoms with Crippen LogP contribution < -0.4 is 10.1 Å². The smallest absolute Gasteiger partial charge is 0.134 e. The number of nitrogens with one attached hydrogen (secondary N) is 1. The fraction of sp³-hybridized carbons (Fsp3) is 0.667. The fourth-order valence-electron chi connectivity index (χ4n) is 1.41. The van der Waals surface area contributed by atoms with Gasteiger partial charge in [-0.1, -0.05) is 13.8 Å². The number of aliphatic hydroxyl groups excluding tert-OH is 1. The summed E-state index contributed by atoms with van der Waals surface area (Å²) in [7, 11) is 1.69. The average Bonchev–Trinajstić information content (AvgIpc) is 2.76. The molecule has 1 atom stereocenters. The van der Waals surface area contributed by atoms with Crippen molar-refractivity contribution in [3.63, 3.8) is 0 Å². The lowest BCUT2D eigenvalue weighted by atomic mass is 9.89. The van der Waals surface area contributed by atoms with Gasteiger partial charge in [-0.3, -0.25) is 0 Å². The molecular formula is C12H21NO2S. The van der Waals surface area contributed by atoms with Crippen LogP contribution in [-0.4, -0.2) is 25.4 Å². The number of hydrogen-bond acceptors (Lipinski definition) is 4. The first kappa shape index (κ1) is 13.5. The molecule has 0 aliphatic heterocycles. The van der Waals surface area contributed by atoms with Gasteiger partial charge in [0.1, 0.15) is 5.75 Å². The minimum Gasteiger partial charge on any atom is -0.496 e. The first-order valence-corrected chi connectivity index (χ1v) is 6.45. The summed E-state index contributed by atoms with van der Waals surface area (Å²) in [5.41, 5.74) is -0.0233. The molecule has 2 N–H and O–H groups in total. The Morgan fingerprint density at radius 2 is 2.31 bits per heavy atom. The van der Waals surface area contributed by atoms with E-state index in [1.807, 2.05) is 11.4 Å². The van der Waals surface area contributed by atoms with Crippen LogP contribution in [0.3, 0.4) is 0 Å². The zero-order valence-corrected chi connectivity index (χ0v) is 11.1. The minimum atomic E-state index is -0.0233. The highest BCUT2D eigenvalue weighted by Gasteiger charge is 2.20. The summed E-state index contributed by atoms with van der Waals surface area (Å²) in [5.74, 6) is 0.944. The Balaban J connectivity index is 2.41. The maximum absolute atomic E-state index is 9.28. The van der Waals surface area contributed by atoms with E-state index in [0.717, 1.165) is 25.3 Å². The van der Waals surface area contributed by atoms with Gasteiger partial charge < -0.3 is 15.2 Å². The molecule has 3 nitrogen and oxygen atoms in total. The van der Waals surface area contributed by atoms with E-state index in [-0.39, 0.29) is 12.0 Å². The van der Waals surface area contributed by atoms with E-state index in [1.165, 1.54) is 4.88 Å². The van der Waals surface area contributed by atoms with Gasteiger partial charge in [0, 0.05) is 25.1 Å². The standard InChI is InChI=1S/C12H21NO2S/c1-4-12(2,9-14)8-13-7-11-10(15-3)5-6-16-11/h5-6,13-14H,4,7-9H2,1-3H3. The second kappa shape index (κ2) is 6.23. The lowest BCUT2D eigenvalue weighted by molar-refractivity contribution is 0.135. The molecule has 1 aromatic heterocycles. The number of hydrogen-bond donors (Lipinski definition) is 2. The van der Waals surface area contributed by atoms with E-state index in [0.29, 0.717) is 0 Å². The van der Waals surface area contributed by atoms with Gasteiger partial charge in [-0.05, 0) is 17.9 Å². The van der Waals surface area contributed by atoms with Gasteiger partial charge in [-0.15, -0.1) is 11.3 Å². The first-order chi connectivity index (χ1) is 7.65. The molecule has 1 rings (SSSR count). The maximum atomic E-state index is 9.28. The molecule has 0 spiro atoms. The molecule has 0 saturated carbocycles. The SMILES string of the molecule is CCC(C)(CO)CNCc1sccc1OC. The second-order valence-electron chi connectivity index (χ2n) is 4.34. The van der Waals surface area contributed by atoms with E-state index in [4.69, 9.17) is 4.74 Å². The second-order valence-corrected chi connectivity index (χ2v) is 5.34. The van der Waals surface area contributed by atoms with Crippen molar-refractivity contribution in [1.82, 2.24) is 5.32 Å². The van der Waals surface area contributed by atoms with Gasteiger partial charge in [0.25, 0.3) is 0 Å². The van der Waals surface area contributed by atoms with Gasteiger partial charge in [0.05, 0.1) is 12.0 Å². The molecule has 16 heavy (non-hydrogen) atoms. The van der Waals surface area contributed by atoms with E-state index in [9.17, 15) is 5.11 Å². The predicted octanol–water partition coefficient (Wildman–Crippen LogP) is 2.25. The Morgan fingerprint density at radius 1 is 1.56 bits per heavy atom. The highest BCUT2D eigenvalue weighted by atomic mass is 32.1. The molecular weight excluding hydrogens is 222 g/mol. The predicted molar refractivity (Wildman–Crippen MR) is 68.1 cm³/mol. The van der Waals surface area contributed by atoms with Crippen molar-refractivity contribution < 1.29 is 9.84 Å². The van der Waals surface area contributed by atoms with Crippen molar-refractivity contribution in [2.45, 2.75) is 26.8 Å². The monoisotopic (exact) mass is 243 g/mol. The molecule has 0 aromatic carbocycles. The van der Waals surface area contributed by atoms with Crippen LogP contribution in [0.5, 0.6) is 5.75 Å². The lowest BCUT2D eigenvalue weighted by Gasteiger charge is -2.25. The molecule has 0 aliphatic rings. The van der Waals surface area contributed by atoms with Gasteiger partial charge >= 0.3 is 0 Å². The zero-order chi connectivity index (χ0) is 12.0. The highest BCUT2D eigenvalue weighted by Crippen LogP contribution is 2.25. The molecule has 0 fully saturated rings. The third-order valence-electron chi connectivity index (χ3n) is 3.00. The van der Waals surface area contributed by atoms with Crippen LogP contribution in [0.1, 0.15) is 25.1 Å². The normalized spacial score (nSPS) is 14.8. The van der Waals surface area contributed by atoms with Crippen LogP contribution >= 0.6 is 11.3 Å². The average molecular weight is 243 g/mol. The highest BCUT2D eigenvalue weighted by molar-refractivity contribution is 7.10. The third kappa shape index (κ3) is 3.47. The van der Waals surface area contributed by atoms with Crippen LogP contribution in [0.15, 0.2) is 11.4 Å². The summed E-state index contributed by atoms with van der Waals surface area (Å²) < 4.78 is 5.24. The summed E-state index contributed by atoms with van der Waals surface area (Å²) in [5, 5.41) is 14.7. The van der Waals surface area contributed by atoms with Gasteiger partial charge in [-0.2, -0.15) is 0 Å². The van der Waals surface area contributed by atoms with E-state index in [2.05, 4.69) is 19.2 Å². The Bertz CT molecular complexity index is 308. The maximum Gasteiger partial charge on any atom is 0.134 e. The zero-order valence-electron chi connectivity index (χ0n) is 10.2. The molecule has 0 aliphatic carbocycles. The van der Waals surface area contributed by atoms with Crippen LogP contribution in [0, 0.1) is 5.41 Å². The molecule has 0 amide bonds. The van der Waals surface area contributed by atoms with Crippen LogP contribution in [0.2, 0.25) is 0 Å². The summed E-state index contributed by atoms with van der Waals surface area (Å²) in [6, 6.07) is 1.98. The summed E-state index contributed by atoms with van der Waals surface area (Å²) >= 11 is 1.69. The topological polar surface area (TPSA) is 41.5 Å². The number of rotatable bonds is 7. The molecule has 0 radical (unpaired) electrons. The van der Waals surface area contributed by atoms with Gasteiger partial charge in [0.15, 0.2) is 0 Å². The van der Waals surface area contributed by atoms with Crippen LogP contribution in [0.4, 0.5) is 0 Å². The van der Waals surface area contributed by atoms with Crippen molar-refractivity contribution in [1.29, 1.82) is 0 Å². The third-order valence-corrected chi connectivity index (χ3v) is 3.90. The number of aliphatic hydroxyl groups is 1.